The molecule has 4 rings (SSSR count). The van der Waals surface area contributed by atoms with E-state index in [1.54, 1.807) is 6.33 Å². The maximum atomic E-state index is 4.66. The molecule has 0 bridgehead atoms. The Labute approximate surface area is 149 Å². The molecule has 0 N–H and O–H groups in total. The van der Waals surface area contributed by atoms with Crippen molar-refractivity contribution >= 4 is 11.6 Å². The van der Waals surface area contributed by atoms with Crippen LogP contribution in [0, 0.1) is 12.8 Å². The minimum atomic E-state index is 0.348. The van der Waals surface area contributed by atoms with Crippen LogP contribution in [0.2, 0.25) is 0 Å². The first kappa shape index (κ1) is 16.3. The van der Waals surface area contributed by atoms with Crippen molar-refractivity contribution < 1.29 is 0 Å². The molecule has 1 fully saturated rings. The number of rotatable bonds is 3. The second-order valence-corrected chi connectivity index (χ2v) is 7.26. The molecule has 2 unspecified atom stereocenters. The highest BCUT2D eigenvalue weighted by Crippen LogP contribution is 2.33. The zero-order chi connectivity index (χ0) is 17.4. The highest BCUT2D eigenvalue weighted by Gasteiger charge is 2.30. The number of hydrogen-bond acceptors (Lipinski definition) is 5. The molecule has 2 aromatic rings. The maximum absolute atomic E-state index is 4.66. The molecular formula is C19H26N6. The van der Waals surface area contributed by atoms with Crippen molar-refractivity contribution in [3.05, 3.63) is 42.0 Å². The van der Waals surface area contributed by atoms with Gasteiger partial charge in [-0.1, -0.05) is 6.07 Å². The van der Waals surface area contributed by atoms with Crippen molar-refractivity contribution in [2.75, 3.05) is 25.0 Å². The molecule has 25 heavy (non-hydrogen) atoms. The second-order valence-electron chi connectivity index (χ2n) is 7.26. The number of piperidine rings is 1. The van der Waals surface area contributed by atoms with Crippen LogP contribution in [0.5, 0.6) is 0 Å². The second kappa shape index (κ2) is 6.59. The van der Waals surface area contributed by atoms with E-state index in [4.69, 9.17) is 0 Å². The van der Waals surface area contributed by atoms with Crippen molar-refractivity contribution in [2.24, 2.45) is 5.92 Å². The van der Waals surface area contributed by atoms with E-state index in [9.17, 15) is 0 Å². The summed E-state index contributed by atoms with van der Waals surface area (Å²) in [7, 11) is 2.08. The minimum Gasteiger partial charge on any atom is -0.338 e. The lowest BCUT2D eigenvalue weighted by Crippen LogP contribution is -2.40. The van der Waals surface area contributed by atoms with E-state index in [0.29, 0.717) is 12.0 Å². The van der Waals surface area contributed by atoms with Gasteiger partial charge in [0.25, 0.3) is 0 Å². The lowest BCUT2D eigenvalue weighted by atomic mass is 9.92. The summed E-state index contributed by atoms with van der Waals surface area (Å²) in [5.41, 5.74) is 3.55. The normalized spacial score (nSPS) is 24.1. The zero-order valence-electron chi connectivity index (χ0n) is 15.3. The molecule has 0 saturated carbocycles. The van der Waals surface area contributed by atoms with E-state index >= 15 is 0 Å². The Morgan fingerprint density at radius 2 is 2.16 bits per heavy atom. The first-order chi connectivity index (χ1) is 12.1. The minimum absolute atomic E-state index is 0.348. The maximum Gasteiger partial charge on any atom is 0.228 e. The highest BCUT2D eigenvalue weighted by atomic mass is 15.4. The number of nitrogens with zero attached hydrogens (tertiary/aromatic N) is 6. The summed E-state index contributed by atoms with van der Waals surface area (Å²) in [5.74, 6) is 1.44. The Hall–Kier alpha value is -2.21. The molecule has 6 heteroatoms. The molecule has 0 aliphatic carbocycles. The van der Waals surface area contributed by atoms with Gasteiger partial charge >= 0.3 is 0 Å². The number of likely N-dealkylation sites (tertiary alicyclic amines) is 1. The van der Waals surface area contributed by atoms with Crippen LogP contribution < -0.4 is 4.90 Å². The van der Waals surface area contributed by atoms with Crippen LogP contribution in [-0.4, -0.2) is 50.8 Å². The average molecular weight is 338 g/mol. The smallest absolute Gasteiger partial charge is 0.228 e. The van der Waals surface area contributed by atoms with Gasteiger partial charge in [0.2, 0.25) is 5.95 Å². The summed E-state index contributed by atoms with van der Waals surface area (Å²) in [5, 5.41) is 4.48. The molecule has 2 aliphatic rings. The standard InChI is InChI=1S/C19H26N6/c1-14-6-4-8-17(22-14)12-24-9-5-7-16(11-24)18-10-15(2)23(3)19-20-13-21-25(18)19/h4,6,8,10,13,15-16H,5,7,9,11-12H2,1-3H3. The van der Waals surface area contributed by atoms with E-state index in [-0.39, 0.29) is 0 Å². The lowest BCUT2D eigenvalue weighted by Gasteiger charge is -2.37. The molecule has 1 saturated heterocycles. The van der Waals surface area contributed by atoms with Crippen LogP contribution in [-0.2, 0) is 6.54 Å². The number of fused-ring (bicyclic) bond motifs is 1. The summed E-state index contributed by atoms with van der Waals surface area (Å²) in [4.78, 5) is 13.8. The van der Waals surface area contributed by atoms with Crippen LogP contribution in [0.1, 0.15) is 31.2 Å². The Morgan fingerprint density at radius 3 is 3.00 bits per heavy atom. The zero-order valence-corrected chi connectivity index (χ0v) is 15.3. The van der Waals surface area contributed by atoms with E-state index in [2.05, 4.69) is 70.0 Å². The van der Waals surface area contributed by atoms with Crippen LogP contribution in [0.4, 0.5) is 5.95 Å². The SMILES string of the molecule is Cc1cccc(CN2CCCC(C3=CC(C)N(C)c4ncnn43)C2)n1. The molecule has 132 valence electrons. The van der Waals surface area contributed by atoms with Gasteiger partial charge in [-0.3, -0.25) is 9.88 Å². The van der Waals surface area contributed by atoms with Crippen LogP contribution in [0.25, 0.3) is 5.70 Å². The fourth-order valence-electron chi connectivity index (χ4n) is 3.94. The summed E-state index contributed by atoms with van der Waals surface area (Å²) < 4.78 is 2.03. The molecule has 0 radical (unpaired) electrons. The van der Waals surface area contributed by atoms with E-state index in [1.807, 2.05) is 4.68 Å². The largest absolute Gasteiger partial charge is 0.338 e. The molecule has 0 amide bonds. The van der Waals surface area contributed by atoms with Crippen molar-refractivity contribution in [2.45, 2.75) is 39.3 Å². The van der Waals surface area contributed by atoms with Gasteiger partial charge in [-0.15, -0.1) is 0 Å². The average Bonchev–Trinajstić information content (AvgIpc) is 3.08. The number of hydrogen-bond donors (Lipinski definition) is 0. The van der Waals surface area contributed by atoms with Gasteiger partial charge in [0, 0.05) is 43.5 Å². The predicted molar refractivity (Wildman–Crippen MR) is 99.1 cm³/mol. The number of pyridine rings is 1. The molecule has 6 nitrogen and oxygen atoms in total. The number of anilines is 1. The van der Waals surface area contributed by atoms with Gasteiger partial charge in [0.15, 0.2) is 0 Å². The summed E-state index contributed by atoms with van der Waals surface area (Å²) >= 11 is 0. The van der Waals surface area contributed by atoms with Gasteiger partial charge in [0.05, 0.1) is 5.69 Å². The van der Waals surface area contributed by atoms with Crippen LogP contribution in [0.3, 0.4) is 0 Å². The Morgan fingerprint density at radius 1 is 1.28 bits per heavy atom. The molecule has 2 aliphatic heterocycles. The molecule has 4 heterocycles. The van der Waals surface area contributed by atoms with Crippen molar-refractivity contribution in [3.63, 3.8) is 0 Å². The molecule has 2 aromatic heterocycles. The third-order valence-corrected chi connectivity index (χ3v) is 5.37. The van der Waals surface area contributed by atoms with Crippen molar-refractivity contribution in [1.82, 2.24) is 24.6 Å². The van der Waals surface area contributed by atoms with Gasteiger partial charge in [-0.05, 0) is 51.4 Å². The van der Waals surface area contributed by atoms with E-state index < -0.39 is 0 Å². The third-order valence-electron chi connectivity index (χ3n) is 5.37. The Balaban J connectivity index is 1.53. The predicted octanol–water partition coefficient (Wildman–Crippen LogP) is 2.57. The van der Waals surface area contributed by atoms with Crippen LogP contribution >= 0.6 is 0 Å². The number of likely N-dealkylation sites (N-methyl/N-ethyl adjacent to an activating group) is 1. The Bertz CT molecular complexity index is 780. The molecule has 2 atom stereocenters. The number of aromatic nitrogens is 4. The molecule has 0 aromatic carbocycles. The molecule has 0 spiro atoms. The first-order valence-electron chi connectivity index (χ1n) is 9.11. The quantitative estimate of drug-likeness (QED) is 0.861. The molecular weight excluding hydrogens is 312 g/mol. The summed E-state index contributed by atoms with van der Waals surface area (Å²) in [6.07, 6.45) is 6.43. The van der Waals surface area contributed by atoms with E-state index in [0.717, 1.165) is 37.0 Å². The van der Waals surface area contributed by atoms with Gasteiger partial charge in [-0.25, -0.2) is 4.68 Å². The third kappa shape index (κ3) is 3.18. The van der Waals surface area contributed by atoms with Gasteiger partial charge in [0.1, 0.15) is 6.33 Å². The van der Waals surface area contributed by atoms with Crippen molar-refractivity contribution in [1.29, 1.82) is 0 Å². The van der Waals surface area contributed by atoms with Gasteiger partial charge < -0.3 is 4.90 Å². The topological polar surface area (TPSA) is 50.1 Å². The highest BCUT2D eigenvalue weighted by molar-refractivity contribution is 5.59. The van der Waals surface area contributed by atoms with E-state index in [1.165, 1.54) is 18.5 Å². The number of aryl methyl sites for hydroxylation is 1. The Kier molecular flexibility index (Phi) is 4.29. The first-order valence-corrected chi connectivity index (χ1v) is 9.11. The fraction of sp³-hybridized carbons (Fsp3) is 0.526. The summed E-state index contributed by atoms with van der Waals surface area (Å²) in [6, 6.07) is 6.63. The van der Waals surface area contributed by atoms with Crippen molar-refractivity contribution in [3.8, 4) is 0 Å². The monoisotopic (exact) mass is 338 g/mol. The summed E-state index contributed by atoms with van der Waals surface area (Å²) in [6.45, 7) is 7.39. The van der Waals surface area contributed by atoms with Gasteiger partial charge in [-0.2, -0.15) is 10.1 Å². The van der Waals surface area contributed by atoms with Crippen LogP contribution in [0.15, 0.2) is 30.6 Å². The fourth-order valence-corrected chi connectivity index (χ4v) is 3.94. The lowest BCUT2D eigenvalue weighted by molar-refractivity contribution is 0.187.